The monoisotopic (exact) mass is 430 g/mol. The molecule has 4 nitrogen and oxygen atoms in total. The van der Waals surface area contributed by atoms with Crippen LogP contribution >= 0.6 is 0 Å². The number of hydrogen-bond donors (Lipinski definition) is 1. The summed E-state index contributed by atoms with van der Waals surface area (Å²) in [5.74, 6) is -0.0104. The Morgan fingerprint density at radius 1 is 1.03 bits per heavy atom. The molecule has 0 bridgehead atoms. The summed E-state index contributed by atoms with van der Waals surface area (Å²) in [5.41, 5.74) is 2.36. The summed E-state index contributed by atoms with van der Waals surface area (Å²) in [6.45, 7) is 5.66. The number of aromatic hydroxyl groups is 1. The van der Waals surface area contributed by atoms with Crippen molar-refractivity contribution in [3.63, 3.8) is 0 Å². The predicted octanol–water partition coefficient (Wildman–Crippen LogP) is 5.85. The zero-order chi connectivity index (χ0) is 22.3. The molecule has 3 aromatic rings. The van der Waals surface area contributed by atoms with Crippen molar-refractivity contribution in [3.05, 3.63) is 58.8 Å². The van der Waals surface area contributed by atoms with Crippen LogP contribution in [0.1, 0.15) is 53.4 Å². The fraction of sp³-hybridized carbons (Fsp3) is 0.375. The number of likely N-dealkylation sites (tertiary alicyclic amines) is 1. The van der Waals surface area contributed by atoms with Crippen LogP contribution in [-0.4, -0.2) is 33.4 Å². The van der Waals surface area contributed by atoms with Gasteiger partial charge in [0.2, 0.25) is 0 Å². The van der Waals surface area contributed by atoms with E-state index in [2.05, 4.69) is 4.90 Å². The minimum absolute atomic E-state index is 0.130. The number of fused-ring (bicyclic) bond motifs is 1. The number of carbonyl (C=O) groups excluding carboxylic acids is 1. The van der Waals surface area contributed by atoms with Gasteiger partial charge >= 0.3 is 6.18 Å². The minimum Gasteiger partial charge on any atom is -0.508 e. The molecule has 31 heavy (non-hydrogen) atoms. The van der Waals surface area contributed by atoms with Gasteiger partial charge in [-0.05, 0) is 76.2 Å². The molecule has 1 fully saturated rings. The molecule has 1 aromatic heterocycles. The van der Waals surface area contributed by atoms with E-state index >= 15 is 0 Å². The largest absolute Gasteiger partial charge is 0.508 e. The maximum atomic E-state index is 13.0. The summed E-state index contributed by atoms with van der Waals surface area (Å²) in [4.78, 5) is 14.9. The third-order valence-corrected chi connectivity index (χ3v) is 6.09. The quantitative estimate of drug-likeness (QED) is 0.528. The van der Waals surface area contributed by atoms with Crippen LogP contribution < -0.4 is 0 Å². The van der Waals surface area contributed by atoms with Crippen LogP contribution in [0.25, 0.3) is 16.6 Å². The van der Waals surface area contributed by atoms with Gasteiger partial charge in [0.25, 0.3) is 0 Å². The number of alkyl halides is 3. The van der Waals surface area contributed by atoms with Gasteiger partial charge in [-0.2, -0.15) is 13.2 Å². The van der Waals surface area contributed by atoms with Gasteiger partial charge in [-0.25, -0.2) is 0 Å². The van der Waals surface area contributed by atoms with Crippen LogP contribution in [0.5, 0.6) is 5.75 Å². The number of phenols is 1. The van der Waals surface area contributed by atoms with Crippen LogP contribution in [0.2, 0.25) is 0 Å². The second-order valence-corrected chi connectivity index (χ2v) is 8.19. The average Bonchev–Trinajstić information content (AvgIpc) is 3.02. The van der Waals surface area contributed by atoms with Gasteiger partial charge in [-0.15, -0.1) is 0 Å². The molecular formula is C24H25F3N2O2. The van der Waals surface area contributed by atoms with Gasteiger partial charge in [-0.3, -0.25) is 9.69 Å². The molecule has 0 atom stereocenters. The second kappa shape index (κ2) is 8.04. The van der Waals surface area contributed by atoms with Crippen molar-refractivity contribution in [1.82, 2.24) is 9.47 Å². The lowest BCUT2D eigenvalue weighted by molar-refractivity contribution is -0.137. The van der Waals surface area contributed by atoms with Crippen molar-refractivity contribution in [2.45, 2.75) is 45.8 Å². The van der Waals surface area contributed by atoms with Gasteiger partial charge in [-0.1, -0.05) is 6.42 Å². The standard InChI is InChI=1S/C24H25F3N2O2/c1-15-22(16(2)30)23-19(14-28-12-4-3-5-13-28)21(31)11-10-20(23)29(15)18-8-6-17(7-9-18)24(25,26)27/h6-11,31H,3-5,12-14H2,1-2H3. The molecule has 0 saturated carbocycles. The first kappa shape index (κ1) is 21.4. The summed E-state index contributed by atoms with van der Waals surface area (Å²) in [6.07, 6.45) is -1.02. The van der Waals surface area contributed by atoms with Gasteiger partial charge in [0, 0.05) is 34.4 Å². The SMILES string of the molecule is CC(=O)c1c(C)n(-c2ccc(C(F)(F)F)cc2)c2ccc(O)c(CN3CCCCC3)c12. The number of phenolic OH excluding ortho intramolecular Hbond substituents is 1. The van der Waals surface area contributed by atoms with Crippen molar-refractivity contribution in [3.8, 4) is 11.4 Å². The van der Waals surface area contributed by atoms with Gasteiger partial charge < -0.3 is 9.67 Å². The van der Waals surface area contributed by atoms with E-state index in [1.54, 1.807) is 23.6 Å². The Hall–Kier alpha value is -2.80. The van der Waals surface area contributed by atoms with Crippen molar-refractivity contribution in [2.24, 2.45) is 0 Å². The van der Waals surface area contributed by atoms with E-state index in [0.29, 0.717) is 40.0 Å². The normalized spacial score (nSPS) is 15.5. The topological polar surface area (TPSA) is 45.5 Å². The highest BCUT2D eigenvalue weighted by Crippen LogP contribution is 2.38. The lowest BCUT2D eigenvalue weighted by Gasteiger charge is -2.27. The molecule has 1 aliphatic rings. The van der Waals surface area contributed by atoms with E-state index in [1.165, 1.54) is 25.5 Å². The Morgan fingerprint density at radius 3 is 2.26 bits per heavy atom. The highest BCUT2D eigenvalue weighted by atomic mass is 19.4. The number of carbonyl (C=O) groups is 1. The summed E-state index contributed by atoms with van der Waals surface area (Å²) in [6, 6.07) is 8.24. The molecule has 2 heterocycles. The predicted molar refractivity (Wildman–Crippen MR) is 114 cm³/mol. The molecule has 164 valence electrons. The number of nitrogens with zero attached hydrogens (tertiary/aromatic N) is 2. The van der Waals surface area contributed by atoms with Crippen LogP contribution in [-0.2, 0) is 12.7 Å². The van der Waals surface area contributed by atoms with Crippen molar-refractivity contribution < 1.29 is 23.1 Å². The molecule has 1 N–H and O–H groups in total. The summed E-state index contributed by atoms with van der Waals surface area (Å²) in [5, 5.41) is 11.3. The lowest BCUT2D eigenvalue weighted by atomic mass is 10.00. The Bertz CT molecular complexity index is 1120. The summed E-state index contributed by atoms with van der Waals surface area (Å²) >= 11 is 0. The molecule has 0 unspecified atom stereocenters. The Morgan fingerprint density at radius 2 is 1.68 bits per heavy atom. The smallest absolute Gasteiger partial charge is 0.416 e. The number of ketones is 1. The number of piperidine rings is 1. The maximum absolute atomic E-state index is 13.0. The number of Topliss-reactive ketones (excluding diaryl/α,β-unsaturated/α-hetero) is 1. The highest BCUT2D eigenvalue weighted by Gasteiger charge is 2.30. The van der Waals surface area contributed by atoms with Gasteiger partial charge in [0.1, 0.15) is 5.75 Å². The molecule has 1 saturated heterocycles. The Kier molecular flexibility index (Phi) is 5.56. The van der Waals surface area contributed by atoms with E-state index in [0.717, 1.165) is 38.1 Å². The van der Waals surface area contributed by atoms with Gasteiger partial charge in [0.15, 0.2) is 5.78 Å². The zero-order valence-electron chi connectivity index (χ0n) is 17.6. The first-order valence-electron chi connectivity index (χ1n) is 10.4. The Labute approximate surface area is 178 Å². The van der Waals surface area contributed by atoms with E-state index in [1.807, 2.05) is 0 Å². The number of benzene rings is 2. The third kappa shape index (κ3) is 3.94. The summed E-state index contributed by atoms with van der Waals surface area (Å²) < 4.78 is 40.8. The molecule has 0 spiro atoms. The Balaban J connectivity index is 1.90. The number of halogens is 3. The fourth-order valence-electron chi connectivity index (χ4n) is 4.63. The molecule has 0 radical (unpaired) electrons. The molecular weight excluding hydrogens is 405 g/mol. The lowest BCUT2D eigenvalue weighted by Crippen LogP contribution is -2.29. The maximum Gasteiger partial charge on any atom is 0.416 e. The molecule has 1 aliphatic heterocycles. The van der Waals surface area contributed by atoms with E-state index < -0.39 is 11.7 Å². The van der Waals surface area contributed by atoms with Crippen LogP contribution in [0.4, 0.5) is 13.2 Å². The molecule has 4 rings (SSSR count). The van der Waals surface area contributed by atoms with Crippen molar-refractivity contribution >= 4 is 16.7 Å². The summed E-state index contributed by atoms with van der Waals surface area (Å²) in [7, 11) is 0. The fourth-order valence-corrected chi connectivity index (χ4v) is 4.63. The first-order valence-corrected chi connectivity index (χ1v) is 10.4. The van der Waals surface area contributed by atoms with E-state index in [9.17, 15) is 23.1 Å². The van der Waals surface area contributed by atoms with Crippen LogP contribution in [0, 0.1) is 6.92 Å². The minimum atomic E-state index is -4.41. The second-order valence-electron chi connectivity index (χ2n) is 8.19. The highest BCUT2D eigenvalue weighted by molar-refractivity contribution is 6.10. The molecule has 2 aromatic carbocycles. The van der Waals surface area contributed by atoms with Gasteiger partial charge in [0.05, 0.1) is 11.1 Å². The number of aromatic nitrogens is 1. The number of hydrogen-bond acceptors (Lipinski definition) is 3. The average molecular weight is 430 g/mol. The molecule has 7 heteroatoms. The molecule has 0 aliphatic carbocycles. The van der Waals surface area contributed by atoms with E-state index in [-0.39, 0.29) is 11.5 Å². The third-order valence-electron chi connectivity index (χ3n) is 6.09. The van der Waals surface area contributed by atoms with Crippen LogP contribution in [0.3, 0.4) is 0 Å². The molecule has 0 amide bonds. The van der Waals surface area contributed by atoms with Crippen LogP contribution in [0.15, 0.2) is 36.4 Å². The zero-order valence-corrected chi connectivity index (χ0v) is 17.6. The van der Waals surface area contributed by atoms with E-state index in [4.69, 9.17) is 0 Å². The first-order chi connectivity index (χ1) is 14.7. The van der Waals surface area contributed by atoms with Crippen molar-refractivity contribution in [2.75, 3.05) is 13.1 Å². The number of rotatable bonds is 4. The van der Waals surface area contributed by atoms with Crippen molar-refractivity contribution in [1.29, 1.82) is 0 Å².